The SMILES string of the molecule is CC[C@@H](C)C(=O)O[C@@H](C)[C@]1(O)CC[C@]2(O)[C@@H]3CC[C@H]4C[C@@H](O[C@H]5C[C@H](OC)[C@H](O[C@H]6C[C@H](OC)[C@H](O[C@H]7C[C@@H](OC)[C@H](O)[C@@H](C)O7)[C@@H](C)O6)[C@@H](C)O5)CC[C@]4(C)[C@H]3C[C@@H](OC(C)=O)[C@]12C. The highest BCUT2D eigenvalue weighted by Crippen LogP contribution is 2.71. The summed E-state index contributed by atoms with van der Waals surface area (Å²) in [7, 11) is 4.90. The van der Waals surface area contributed by atoms with Crippen molar-refractivity contribution < 1.29 is 77.0 Å². The normalized spacial score (nSPS) is 49.7. The van der Waals surface area contributed by atoms with Crippen molar-refractivity contribution in [1.29, 1.82) is 0 Å². The molecule has 0 bridgehead atoms. The number of carbonyl (C=O) groups is 2. The minimum atomic E-state index is -1.60. The van der Waals surface area contributed by atoms with Crippen LogP contribution in [-0.2, 0) is 61.7 Å². The maximum absolute atomic E-state index is 13.0. The molecule has 0 spiro atoms. The number of hydrogen-bond donors (Lipinski definition) is 3. The van der Waals surface area contributed by atoms with E-state index in [-0.39, 0.29) is 66.1 Å². The van der Waals surface area contributed by atoms with Gasteiger partial charge in [0.05, 0.1) is 59.7 Å². The Morgan fingerprint density at radius 2 is 1.26 bits per heavy atom. The lowest BCUT2D eigenvalue weighted by molar-refractivity contribution is -0.339. The van der Waals surface area contributed by atoms with E-state index in [1.807, 2.05) is 27.7 Å². The van der Waals surface area contributed by atoms with E-state index in [1.54, 1.807) is 42.1 Å². The Morgan fingerprint density at radius 3 is 1.82 bits per heavy atom. The zero-order valence-corrected chi connectivity index (χ0v) is 41.1. The molecule has 7 fully saturated rings. The van der Waals surface area contributed by atoms with E-state index >= 15 is 0 Å². The number of carbonyl (C=O) groups excluding carboxylic acids is 2. The molecule has 3 aliphatic heterocycles. The standard InChI is InChI=1S/C49H82O16/c1-13-25(2)45(52)61-29(6)48(53)18-19-49(54)33-15-14-31-20-32(16-17-46(31,8)34(33)21-38(47(48,49)9)62-30(7)50)63-39-23-36(56-11)43(27(4)59-39)65-41-24-37(57-12)44(28(5)60-41)64-40-22-35(55-10)42(51)26(3)58-40/h25-29,31-44,51,53-54H,13-24H2,1-12H3/t25-,26-,27-,28-,29+,31+,32+,33-,34+,35-,36+,37+,38-,39+,40+,41+,42-,43-,44-,46+,47-,48-,49+/m1/s1. The fourth-order valence-electron chi connectivity index (χ4n) is 13.8. The molecule has 3 saturated heterocycles. The van der Waals surface area contributed by atoms with E-state index in [1.165, 1.54) is 6.92 Å². The van der Waals surface area contributed by atoms with Crippen molar-refractivity contribution in [2.24, 2.45) is 34.5 Å². The third-order valence-corrected chi connectivity index (χ3v) is 18.1. The van der Waals surface area contributed by atoms with Gasteiger partial charge in [-0.25, -0.2) is 0 Å². The summed E-state index contributed by atoms with van der Waals surface area (Å²) in [5.74, 6) is -0.966. The monoisotopic (exact) mass is 927 g/mol. The Bertz CT molecular complexity index is 1640. The number of rotatable bonds is 14. The minimum absolute atomic E-state index is 0.0391. The first-order chi connectivity index (χ1) is 30.7. The lowest BCUT2D eigenvalue weighted by Crippen LogP contribution is -2.72. The molecule has 0 aromatic heterocycles. The zero-order valence-electron chi connectivity index (χ0n) is 41.1. The van der Waals surface area contributed by atoms with Crippen molar-refractivity contribution in [2.45, 2.75) is 243 Å². The molecule has 0 aromatic carbocycles. The van der Waals surface area contributed by atoms with Gasteiger partial charge in [0.25, 0.3) is 0 Å². The average Bonchev–Trinajstić information content (AvgIpc) is 3.49. The van der Waals surface area contributed by atoms with Gasteiger partial charge in [0.1, 0.15) is 36.1 Å². The maximum Gasteiger partial charge on any atom is 0.309 e. The molecular weight excluding hydrogens is 845 g/mol. The van der Waals surface area contributed by atoms with Gasteiger partial charge in [0, 0.05) is 47.5 Å². The number of ether oxygens (including phenoxy) is 11. The highest BCUT2D eigenvalue weighted by molar-refractivity contribution is 5.72. The lowest BCUT2D eigenvalue weighted by Gasteiger charge is -2.66. The third kappa shape index (κ3) is 9.33. The van der Waals surface area contributed by atoms with Gasteiger partial charge in [0.15, 0.2) is 18.9 Å². The van der Waals surface area contributed by atoms with E-state index < -0.39 is 84.2 Å². The Kier molecular flexibility index (Phi) is 15.8. The molecule has 7 aliphatic rings. The third-order valence-electron chi connectivity index (χ3n) is 18.1. The summed E-state index contributed by atoms with van der Waals surface area (Å²) < 4.78 is 68.2. The largest absolute Gasteiger partial charge is 0.462 e. The molecule has 0 amide bonds. The van der Waals surface area contributed by atoms with Crippen LogP contribution in [0.15, 0.2) is 0 Å². The van der Waals surface area contributed by atoms with E-state index in [0.29, 0.717) is 44.4 Å². The van der Waals surface area contributed by atoms with Crippen LogP contribution in [0.4, 0.5) is 0 Å². The van der Waals surface area contributed by atoms with Crippen LogP contribution in [0.5, 0.6) is 0 Å². The lowest BCUT2D eigenvalue weighted by atomic mass is 9.42. The maximum atomic E-state index is 13.0. The molecule has 65 heavy (non-hydrogen) atoms. The summed E-state index contributed by atoms with van der Waals surface area (Å²) in [5.41, 5.74) is -4.36. The summed E-state index contributed by atoms with van der Waals surface area (Å²) in [6, 6.07) is 0. The summed E-state index contributed by atoms with van der Waals surface area (Å²) in [4.78, 5) is 25.8. The molecule has 0 unspecified atom stereocenters. The van der Waals surface area contributed by atoms with Crippen molar-refractivity contribution in [3.05, 3.63) is 0 Å². The second-order valence-corrected chi connectivity index (χ2v) is 21.3. The van der Waals surface area contributed by atoms with E-state index in [9.17, 15) is 24.9 Å². The predicted molar refractivity (Wildman–Crippen MR) is 234 cm³/mol. The van der Waals surface area contributed by atoms with Crippen LogP contribution in [-0.4, -0.2) is 152 Å². The molecule has 374 valence electrons. The topological polar surface area (TPSA) is 196 Å². The van der Waals surface area contributed by atoms with Gasteiger partial charge in [-0.05, 0) is 109 Å². The highest BCUT2D eigenvalue weighted by atomic mass is 16.7. The molecule has 4 saturated carbocycles. The first kappa shape index (κ1) is 51.3. The molecule has 0 aromatic rings. The van der Waals surface area contributed by atoms with Gasteiger partial charge >= 0.3 is 11.9 Å². The van der Waals surface area contributed by atoms with Crippen LogP contribution in [0.25, 0.3) is 0 Å². The quantitative estimate of drug-likeness (QED) is 0.149. The average molecular weight is 927 g/mol. The van der Waals surface area contributed by atoms with Crippen molar-refractivity contribution in [3.8, 4) is 0 Å². The van der Waals surface area contributed by atoms with Crippen LogP contribution in [0, 0.1) is 34.5 Å². The molecule has 3 N–H and O–H groups in total. The Hall–Kier alpha value is -1.54. The first-order valence-electron chi connectivity index (χ1n) is 24.7. The van der Waals surface area contributed by atoms with Crippen LogP contribution in [0.3, 0.4) is 0 Å². The number of aliphatic hydroxyl groups is 3. The van der Waals surface area contributed by atoms with Gasteiger partial charge in [-0.3, -0.25) is 9.59 Å². The summed E-state index contributed by atoms with van der Waals surface area (Å²) in [5, 5.41) is 36.1. The second-order valence-electron chi connectivity index (χ2n) is 21.3. The highest BCUT2D eigenvalue weighted by Gasteiger charge is 2.77. The van der Waals surface area contributed by atoms with Gasteiger partial charge in [0.2, 0.25) is 0 Å². The van der Waals surface area contributed by atoms with Gasteiger partial charge < -0.3 is 67.4 Å². The number of esters is 2. The summed E-state index contributed by atoms with van der Waals surface area (Å²) in [6.07, 6.45) is -0.200. The van der Waals surface area contributed by atoms with Crippen molar-refractivity contribution >= 4 is 11.9 Å². The van der Waals surface area contributed by atoms with Crippen LogP contribution < -0.4 is 0 Å². The molecule has 3 heterocycles. The van der Waals surface area contributed by atoms with Crippen molar-refractivity contribution in [1.82, 2.24) is 0 Å². The fraction of sp³-hybridized carbons (Fsp3) is 0.959. The van der Waals surface area contributed by atoms with Crippen LogP contribution in [0.2, 0.25) is 0 Å². The Balaban J connectivity index is 0.969. The molecule has 23 atom stereocenters. The van der Waals surface area contributed by atoms with Crippen LogP contribution >= 0.6 is 0 Å². The van der Waals surface area contributed by atoms with E-state index in [0.717, 1.165) is 32.1 Å². The van der Waals surface area contributed by atoms with Gasteiger partial charge in [-0.2, -0.15) is 0 Å². The number of aliphatic hydroxyl groups excluding tert-OH is 1. The van der Waals surface area contributed by atoms with Crippen LogP contribution in [0.1, 0.15) is 139 Å². The fourth-order valence-corrected chi connectivity index (χ4v) is 13.8. The smallest absolute Gasteiger partial charge is 0.309 e. The molecule has 7 rings (SSSR count). The molecule has 16 heteroatoms. The van der Waals surface area contributed by atoms with E-state index in [4.69, 9.17) is 52.1 Å². The number of hydrogen-bond acceptors (Lipinski definition) is 16. The van der Waals surface area contributed by atoms with Gasteiger partial charge in [-0.1, -0.05) is 27.7 Å². The number of methoxy groups -OCH3 is 3. The summed E-state index contributed by atoms with van der Waals surface area (Å²) in [6.45, 7) is 16.7. The summed E-state index contributed by atoms with van der Waals surface area (Å²) >= 11 is 0. The second kappa shape index (κ2) is 20.1. The molecular formula is C49H82O16. The Morgan fingerprint density at radius 1 is 0.708 bits per heavy atom. The molecule has 16 nitrogen and oxygen atoms in total. The zero-order chi connectivity index (χ0) is 47.4. The molecule has 4 aliphatic carbocycles. The number of fused-ring (bicyclic) bond motifs is 5. The minimum Gasteiger partial charge on any atom is -0.462 e. The van der Waals surface area contributed by atoms with Crippen molar-refractivity contribution in [3.63, 3.8) is 0 Å². The Labute approximate surface area is 386 Å². The van der Waals surface area contributed by atoms with E-state index in [2.05, 4.69) is 6.92 Å². The first-order valence-corrected chi connectivity index (χ1v) is 24.7. The predicted octanol–water partition coefficient (Wildman–Crippen LogP) is 5.36. The van der Waals surface area contributed by atoms with Crippen molar-refractivity contribution in [2.75, 3.05) is 21.3 Å². The van der Waals surface area contributed by atoms with Gasteiger partial charge in [-0.15, -0.1) is 0 Å². The molecule has 0 radical (unpaired) electrons.